The molecule has 0 fully saturated rings. The van der Waals surface area contributed by atoms with Crippen LogP contribution in [0.2, 0.25) is 0 Å². The zero-order valence-electron chi connectivity index (χ0n) is 15.7. The Labute approximate surface area is 164 Å². The fourth-order valence-electron chi connectivity index (χ4n) is 2.99. The first-order chi connectivity index (χ1) is 13.6. The number of carbonyl (C=O) groups is 1. The molecule has 0 saturated heterocycles. The van der Waals surface area contributed by atoms with Crippen molar-refractivity contribution in [3.05, 3.63) is 87.3 Å². The lowest BCUT2D eigenvalue weighted by atomic mass is 9.99. The van der Waals surface area contributed by atoms with Gasteiger partial charge in [0, 0.05) is 11.6 Å². The molecule has 8 heteroatoms. The van der Waals surface area contributed by atoms with Crippen molar-refractivity contribution in [1.29, 1.82) is 0 Å². The van der Waals surface area contributed by atoms with Gasteiger partial charge in [-0.2, -0.15) is 13.2 Å². The Morgan fingerprint density at radius 3 is 2.41 bits per heavy atom. The Morgan fingerprint density at radius 1 is 1.10 bits per heavy atom. The van der Waals surface area contributed by atoms with E-state index in [0.29, 0.717) is 16.7 Å². The minimum atomic E-state index is -4.43. The van der Waals surface area contributed by atoms with E-state index in [9.17, 15) is 22.8 Å². The van der Waals surface area contributed by atoms with Crippen LogP contribution in [-0.4, -0.2) is 15.9 Å². The molecule has 1 heterocycles. The molecule has 2 aromatic carbocycles. The van der Waals surface area contributed by atoms with E-state index in [1.807, 2.05) is 6.07 Å². The quantitative estimate of drug-likeness (QED) is 0.686. The highest BCUT2D eigenvalue weighted by Gasteiger charge is 2.31. The number of aromatic nitrogens is 2. The Morgan fingerprint density at radius 2 is 1.79 bits per heavy atom. The van der Waals surface area contributed by atoms with E-state index < -0.39 is 29.2 Å². The van der Waals surface area contributed by atoms with Gasteiger partial charge in [0.05, 0.1) is 11.6 Å². The summed E-state index contributed by atoms with van der Waals surface area (Å²) in [4.78, 5) is 31.3. The molecule has 3 aromatic rings. The van der Waals surface area contributed by atoms with Gasteiger partial charge in [-0.05, 0) is 37.1 Å². The number of H-pyrrole nitrogens is 1. The summed E-state index contributed by atoms with van der Waals surface area (Å²) < 4.78 is 38.5. The minimum absolute atomic E-state index is 0.0796. The molecule has 0 spiro atoms. The highest BCUT2D eigenvalue weighted by Crippen LogP contribution is 2.31. The Bertz CT molecular complexity index is 1090. The number of carbonyl (C=O) groups excluding carboxylic acids is 1. The Balaban J connectivity index is 1.84. The van der Waals surface area contributed by atoms with Crippen molar-refractivity contribution in [2.24, 2.45) is 0 Å². The number of rotatable bonds is 4. The van der Waals surface area contributed by atoms with Crippen LogP contribution in [0.3, 0.4) is 0 Å². The number of nitrogens with one attached hydrogen (secondary N) is 2. The van der Waals surface area contributed by atoms with Gasteiger partial charge in [0.2, 0.25) is 0 Å². The maximum absolute atomic E-state index is 12.8. The van der Waals surface area contributed by atoms with Crippen LogP contribution >= 0.6 is 0 Å². The van der Waals surface area contributed by atoms with E-state index in [1.165, 1.54) is 6.07 Å². The first-order valence-corrected chi connectivity index (χ1v) is 8.80. The monoisotopic (exact) mass is 401 g/mol. The third-order valence-corrected chi connectivity index (χ3v) is 4.43. The van der Waals surface area contributed by atoms with Crippen LogP contribution in [-0.2, 0) is 6.18 Å². The number of hydrogen-bond acceptors (Lipinski definition) is 3. The topological polar surface area (TPSA) is 74.8 Å². The zero-order valence-corrected chi connectivity index (χ0v) is 15.7. The number of amides is 1. The fourth-order valence-corrected chi connectivity index (χ4v) is 2.99. The van der Waals surface area contributed by atoms with Crippen LogP contribution in [0, 0.1) is 6.92 Å². The van der Waals surface area contributed by atoms with Crippen LogP contribution in [0.1, 0.15) is 40.1 Å². The number of hydrogen-bond donors (Lipinski definition) is 2. The van der Waals surface area contributed by atoms with Crippen molar-refractivity contribution in [2.45, 2.75) is 26.1 Å². The molecule has 150 valence electrons. The van der Waals surface area contributed by atoms with Crippen molar-refractivity contribution in [2.75, 3.05) is 0 Å². The van der Waals surface area contributed by atoms with Crippen molar-refractivity contribution in [3.8, 4) is 11.4 Å². The number of aryl methyl sites for hydroxylation is 1. The molecule has 5 nitrogen and oxygen atoms in total. The highest BCUT2D eigenvalue weighted by atomic mass is 19.4. The maximum Gasteiger partial charge on any atom is 0.416 e. The normalized spacial score (nSPS) is 12.4. The lowest BCUT2D eigenvalue weighted by molar-refractivity contribution is -0.137. The maximum atomic E-state index is 12.8. The largest absolute Gasteiger partial charge is 0.416 e. The molecule has 0 aliphatic carbocycles. The second-order valence-corrected chi connectivity index (χ2v) is 6.61. The predicted molar refractivity (Wildman–Crippen MR) is 102 cm³/mol. The van der Waals surface area contributed by atoms with E-state index in [2.05, 4.69) is 15.3 Å². The molecule has 1 aromatic heterocycles. The standard InChI is InChI=1S/C21H18F3N3O2/c1-12-10-15(21(22,23)24)8-9-16(12)13(2)25-20(29)17-11-18(28)27-19(26-17)14-6-4-3-5-7-14/h3-11,13H,1-2H3,(H,25,29)(H,26,27,28). The molecule has 1 atom stereocenters. The van der Waals surface area contributed by atoms with E-state index in [0.717, 1.165) is 18.2 Å². The number of aromatic amines is 1. The van der Waals surface area contributed by atoms with Gasteiger partial charge < -0.3 is 10.3 Å². The fraction of sp³-hybridized carbons (Fsp3) is 0.190. The molecule has 0 saturated carbocycles. The Kier molecular flexibility index (Phi) is 5.54. The Hall–Kier alpha value is -3.42. The van der Waals surface area contributed by atoms with Gasteiger partial charge >= 0.3 is 6.18 Å². The number of alkyl halides is 3. The first kappa shape index (κ1) is 20.3. The SMILES string of the molecule is Cc1cc(C(F)(F)F)ccc1C(C)NC(=O)c1cc(=O)[nH]c(-c2ccccc2)n1. The minimum Gasteiger partial charge on any atom is -0.344 e. The molecule has 29 heavy (non-hydrogen) atoms. The molecule has 0 aliphatic heterocycles. The van der Waals surface area contributed by atoms with Gasteiger partial charge in [0.15, 0.2) is 0 Å². The van der Waals surface area contributed by atoms with Crippen molar-refractivity contribution >= 4 is 5.91 Å². The van der Waals surface area contributed by atoms with Crippen LogP contribution in [0.25, 0.3) is 11.4 Å². The lowest BCUT2D eigenvalue weighted by Crippen LogP contribution is -2.29. The zero-order chi connectivity index (χ0) is 21.2. The molecule has 0 radical (unpaired) electrons. The highest BCUT2D eigenvalue weighted by molar-refractivity contribution is 5.92. The molecular weight excluding hydrogens is 383 g/mol. The smallest absolute Gasteiger partial charge is 0.344 e. The summed E-state index contributed by atoms with van der Waals surface area (Å²) in [5.74, 6) is -0.346. The van der Waals surface area contributed by atoms with Crippen LogP contribution in [0.4, 0.5) is 13.2 Å². The van der Waals surface area contributed by atoms with Gasteiger partial charge in [0.25, 0.3) is 11.5 Å². The van der Waals surface area contributed by atoms with Gasteiger partial charge in [-0.1, -0.05) is 36.4 Å². The summed E-state index contributed by atoms with van der Waals surface area (Å²) in [5, 5.41) is 2.68. The summed E-state index contributed by atoms with van der Waals surface area (Å²) in [5.41, 5.74) is 0.272. The van der Waals surface area contributed by atoms with Crippen molar-refractivity contribution < 1.29 is 18.0 Å². The molecule has 2 N–H and O–H groups in total. The number of halogens is 3. The third-order valence-electron chi connectivity index (χ3n) is 4.43. The van der Waals surface area contributed by atoms with E-state index in [4.69, 9.17) is 0 Å². The van der Waals surface area contributed by atoms with Gasteiger partial charge in [-0.25, -0.2) is 4.98 Å². The van der Waals surface area contributed by atoms with E-state index in [1.54, 1.807) is 38.1 Å². The van der Waals surface area contributed by atoms with Crippen LogP contribution in [0.15, 0.2) is 59.4 Å². The van der Waals surface area contributed by atoms with Gasteiger partial charge in [-0.3, -0.25) is 9.59 Å². The molecule has 0 aliphatic rings. The number of nitrogens with zero attached hydrogens (tertiary/aromatic N) is 1. The molecule has 3 rings (SSSR count). The average Bonchev–Trinajstić information content (AvgIpc) is 2.67. The molecular formula is C21H18F3N3O2. The summed E-state index contributed by atoms with van der Waals surface area (Å²) in [7, 11) is 0. The molecule has 1 amide bonds. The third kappa shape index (κ3) is 4.71. The van der Waals surface area contributed by atoms with Crippen molar-refractivity contribution in [3.63, 3.8) is 0 Å². The predicted octanol–water partition coefficient (Wildman–Crippen LogP) is 4.26. The first-order valence-electron chi connectivity index (χ1n) is 8.80. The van der Waals surface area contributed by atoms with Crippen LogP contribution in [0.5, 0.6) is 0 Å². The molecule has 1 unspecified atom stereocenters. The van der Waals surface area contributed by atoms with E-state index >= 15 is 0 Å². The van der Waals surface area contributed by atoms with E-state index in [-0.39, 0.29) is 11.5 Å². The second-order valence-electron chi connectivity index (χ2n) is 6.61. The van der Waals surface area contributed by atoms with Crippen molar-refractivity contribution in [1.82, 2.24) is 15.3 Å². The summed E-state index contributed by atoms with van der Waals surface area (Å²) in [6.45, 7) is 3.20. The average molecular weight is 401 g/mol. The van der Waals surface area contributed by atoms with Gasteiger partial charge in [-0.15, -0.1) is 0 Å². The summed E-state index contributed by atoms with van der Waals surface area (Å²) in [6.07, 6.45) is -4.43. The lowest BCUT2D eigenvalue weighted by Gasteiger charge is -2.18. The second kappa shape index (κ2) is 7.90. The summed E-state index contributed by atoms with van der Waals surface area (Å²) >= 11 is 0. The van der Waals surface area contributed by atoms with Gasteiger partial charge in [0.1, 0.15) is 11.5 Å². The number of benzene rings is 2. The van der Waals surface area contributed by atoms with Crippen LogP contribution < -0.4 is 10.9 Å². The summed E-state index contributed by atoms with van der Waals surface area (Å²) in [6, 6.07) is 12.7. The molecule has 0 bridgehead atoms.